The predicted octanol–water partition coefficient (Wildman–Crippen LogP) is 5.91. The van der Waals surface area contributed by atoms with Gasteiger partial charge in [0, 0.05) is 32.0 Å². The van der Waals surface area contributed by atoms with Crippen molar-refractivity contribution >= 4 is 5.97 Å². The van der Waals surface area contributed by atoms with Crippen LogP contribution in [0.3, 0.4) is 0 Å². The Morgan fingerprint density at radius 2 is 1.79 bits per heavy atom. The molecule has 0 spiro atoms. The van der Waals surface area contributed by atoms with Crippen LogP contribution in [-0.4, -0.2) is 60.3 Å². The van der Waals surface area contributed by atoms with Gasteiger partial charge in [0.25, 0.3) is 0 Å². The Balaban J connectivity index is 2.15. The lowest BCUT2D eigenvalue weighted by Gasteiger charge is -2.26. The number of ether oxygens (including phenoxy) is 4. The molecule has 0 saturated heterocycles. The SMILES string of the molecule is CCOC(C)OC(/C=C/[C@@H]1[C@@H](C/C=C\CCCC(=O)O)[C@@H](O)C[C@H]1OC(C)OCC)CCc1ccccc1. The van der Waals surface area contributed by atoms with Crippen molar-refractivity contribution in [2.45, 2.75) is 104 Å². The van der Waals surface area contributed by atoms with Gasteiger partial charge in [-0.15, -0.1) is 0 Å². The van der Waals surface area contributed by atoms with Crippen molar-refractivity contribution < 1.29 is 34.0 Å². The van der Waals surface area contributed by atoms with Gasteiger partial charge in [-0.3, -0.25) is 4.79 Å². The zero-order chi connectivity index (χ0) is 27.8. The number of unbranched alkanes of at least 4 members (excludes halogenated alkanes) is 1. The molecule has 214 valence electrons. The number of carboxylic acids is 1. The number of allylic oxidation sites excluding steroid dienone is 2. The van der Waals surface area contributed by atoms with E-state index in [-0.39, 0.29) is 43.0 Å². The molecule has 1 aromatic rings. The summed E-state index contributed by atoms with van der Waals surface area (Å²) in [5, 5.41) is 19.8. The Kier molecular flexibility index (Phi) is 15.5. The highest BCUT2D eigenvalue weighted by atomic mass is 16.7. The van der Waals surface area contributed by atoms with Crippen LogP contribution < -0.4 is 0 Å². The molecule has 1 aliphatic carbocycles. The Morgan fingerprint density at radius 1 is 1.08 bits per heavy atom. The molecule has 0 aliphatic heterocycles. The van der Waals surface area contributed by atoms with Crippen LogP contribution in [0, 0.1) is 11.8 Å². The second-order valence-electron chi connectivity index (χ2n) is 9.84. The van der Waals surface area contributed by atoms with Crippen LogP contribution >= 0.6 is 0 Å². The average Bonchev–Trinajstić information content (AvgIpc) is 3.17. The maximum Gasteiger partial charge on any atom is 0.303 e. The van der Waals surface area contributed by atoms with Gasteiger partial charge in [0.05, 0.1) is 18.3 Å². The van der Waals surface area contributed by atoms with Crippen molar-refractivity contribution in [2.24, 2.45) is 11.8 Å². The largest absolute Gasteiger partial charge is 0.481 e. The van der Waals surface area contributed by atoms with Crippen LogP contribution in [0.4, 0.5) is 0 Å². The van der Waals surface area contributed by atoms with Crippen molar-refractivity contribution in [3.63, 3.8) is 0 Å². The number of aryl methyl sites for hydroxylation is 1. The Hall–Kier alpha value is -2.03. The number of hydrogen-bond donors (Lipinski definition) is 2. The van der Waals surface area contributed by atoms with E-state index in [4.69, 9.17) is 24.1 Å². The van der Waals surface area contributed by atoms with Crippen molar-refractivity contribution in [1.82, 2.24) is 0 Å². The first kappa shape index (κ1) is 32.2. The van der Waals surface area contributed by atoms with Crippen LogP contribution in [0.1, 0.15) is 71.8 Å². The predicted molar refractivity (Wildman–Crippen MR) is 149 cm³/mol. The highest BCUT2D eigenvalue weighted by Crippen LogP contribution is 2.39. The molecular weight excluding hydrogens is 484 g/mol. The summed E-state index contributed by atoms with van der Waals surface area (Å²) < 4.78 is 23.7. The molecule has 2 rings (SSSR count). The van der Waals surface area contributed by atoms with Crippen LogP contribution in [0.2, 0.25) is 0 Å². The fourth-order valence-corrected chi connectivity index (χ4v) is 5.03. The molecule has 1 saturated carbocycles. The van der Waals surface area contributed by atoms with Gasteiger partial charge in [-0.1, -0.05) is 54.6 Å². The highest BCUT2D eigenvalue weighted by molar-refractivity contribution is 5.66. The summed E-state index contributed by atoms with van der Waals surface area (Å²) in [6.45, 7) is 8.84. The highest BCUT2D eigenvalue weighted by Gasteiger charge is 2.42. The summed E-state index contributed by atoms with van der Waals surface area (Å²) in [6, 6.07) is 10.4. The first-order valence-corrected chi connectivity index (χ1v) is 14.1. The van der Waals surface area contributed by atoms with Crippen molar-refractivity contribution in [3.05, 3.63) is 60.2 Å². The molecule has 2 N–H and O–H groups in total. The number of carbonyl (C=O) groups is 1. The fraction of sp³-hybridized carbons (Fsp3) is 0.645. The van der Waals surface area contributed by atoms with E-state index in [1.165, 1.54) is 5.56 Å². The second-order valence-corrected chi connectivity index (χ2v) is 9.84. The van der Waals surface area contributed by atoms with E-state index in [1.54, 1.807) is 0 Å². The molecule has 7 nitrogen and oxygen atoms in total. The van der Waals surface area contributed by atoms with E-state index in [9.17, 15) is 9.90 Å². The van der Waals surface area contributed by atoms with E-state index in [0.29, 0.717) is 38.9 Å². The molecule has 1 fully saturated rings. The number of aliphatic carboxylic acids is 1. The summed E-state index contributed by atoms with van der Waals surface area (Å²) in [5.41, 5.74) is 1.26. The summed E-state index contributed by atoms with van der Waals surface area (Å²) >= 11 is 0. The zero-order valence-corrected chi connectivity index (χ0v) is 23.5. The van der Waals surface area contributed by atoms with Gasteiger partial charge in [-0.2, -0.15) is 0 Å². The summed E-state index contributed by atoms with van der Waals surface area (Å²) in [5.74, 6) is -0.803. The van der Waals surface area contributed by atoms with Gasteiger partial charge in [0.15, 0.2) is 12.6 Å². The summed E-state index contributed by atoms with van der Waals surface area (Å²) in [4.78, 5) is 10.7. The van der Waals surface area contributed by atoms with Crippen LogP contribution in [0.5, 0.6) is 0 Å². The smallest absolute Gasteiger partial charge is 0.303 e. The zero-order valence-electron chi connectivity index (χ0n) is 23.5. The van der Waals surface area contributed by atoms with Crippen LogP contribution in [-0.2, 0) is 30.2 Å². The normalized spacial score (nSPS) is 24.2. The maximum absolute atomic E-state index is 11.0. The molecule has 0 heterocycles. The molecule has 0 amide bonds. The number of carboxylic acid groups (broad SMARTS) is 1. The third kappa shape index (κ3) is 12.2. The minimum absolute atomic E-state index is 0.0122. The molecule has 7 heteroatoms. The van der Waals surface area contributed by atoms with Gasteiger partial charge in [0.1, 0.15) is 0 Å². The summed E-state index contributed by atoms with van der Waals surface area (Å²) in [7, 11) is 0. The van der Waals surface area contributed by atoms with Crippen molar-refractivity contribution in [3.8, 4) is 0 Å². The van der Waals surface area contributed by atoms with E-state index >= 15 is 0 Å². The lowest BCUT2D eigenvalue weighted by Crippen LogP contribution is -2.27. The standard InChI is InChI=1S/C31H48O7/c1-5-35-23(3)37-26(19-18-25-14-10-9-11-15-25)20-21-28-27(16-12-7-8-13-17-31(33)34)29(32)22-30(28)38-24(4)36-6-2/h7,9-12,14-15,20-21,23-24,26-30,32H,5-6,8,13,16-19,22H2,1-4H3,(H,33,34)/b12-7-,21-20+/t23?,24?,26?,27-,28-,29+,30-/m1/s1. The van der Waals surface area contributed by atoms with Crippen molar-refractivity contribution in [1.29, 1.82) is 0 Å². The minimum Gasteiger partial charge on any atom is -0.481 e. The van der Waals surface area contributed by atoms with E-state index in [0.717, 1.165) is 12.8 Å². The molecule has 1 aliphatic rings. The first-order valence-electron chi connectivity index (χ1n) is 14.1. The first-order chi connectivity index (χ1) is 18.3. The van der Waals surface area contributed by atoms with Crippen LogP contribution in [0.25, 0.3) is 0 Å². The van der Waals surface area contributed by atoms with Gasteiger partial charge >= 0.3 is 5.97 Å². The maximum atomic E-state index is 11.0. The average molecular weight is 533 g/mol. The van der Waals surface area contributed by atoms with Gasteiger partial charge in [-0.25, -0.2) is 0 Å². The molecule has 38 heavy (non-hydrogen) atoms. The molecule has 0 aromatic heterocycles. The number of aliphatic hydroxyl groups excluding tert-OH is 1. The second kappa shape index (κ2) is 18.3. The van der Waals surface area contributed by atoms with Gasteiger partial charge < -0.3 is 29.2 Å². The number of benzene rings is 1. The van der Waals surface area contributed by atoms with Crippen LogP contribution in [0.15, 0.2) is 54.6 Å². The third-order valence-corrected chi connectivity index (χ3v) is 6.87. The monoisotopic (exact) mass is 532 g/mol. The topological polar surface area (TPSA) is 94.5 Å². The molecule has 3 unspecified atom stereocenters. The minimum atomic E-state index is -0.777. The Morgan fingerprint density at radius 3 is 2.47 bits per heavy atom. The van der Waals surface area contributed by atoms with Gasteiger partial charge in [0.2, 0.25) is 0 Å². The Labute approximate surface area is 228 Å². The molecule has 0 bridgehead atoms. The number of hydrogen-bond acceptors (Lipinski definition) is 6. The lowest BCUT2D eigenvalue weighted by atomic mass is 9.89. The molecule has 0 radical (unpaired) electrons. The van der Waals surface area contributed by atoms with E-state index in [1.807, 2.05) is 52.0 Å². The molecular formula is C31H48O7. The van der Waals surface area contributed by atoms with E-state index < -0.39 is 12.1 Å². The quantitative estimate of drug-likeness (QED) is 0.130. The molecule has 7 atom stereocenters. The molecule has 1 aromatic carbocycles. The lowest BCUT2D eigenvalue weighted by molar-refractivity contribution is -0.163. The van der Waals surface area contributed by atoms with E-state index in [2.05, 4.69) is 30.4 Å². The summed E-state index contributed by atoms with van der Waals surface area (Å²) in [6.07, 6.45) is 11.2. The third-order valence-electron chi connectivity index (χ3n) is 6.87. The van der Waals surface area contributed by atoms with Crippen molar-refractivity contribution in [2.75, 3.05) is 13.2 Å². The fourth-order valence-electron chi connectivity index (χ4n) is 5.03. The number of aliphatic hydroxyl groups is 1. The number of rotatable bonds is 19. The van der Waals surface area contributed by atoms with Gasteiger partial charge in [-0.05, 0) is 71.3 Å². The Bertz CT molecular complexity index is 825.